The summed E-state index contributed by atoms with van der Waals surface area (Å²) in [6, 6.07) is 1.14. The van der Waals surface area contributed by atoms with Crippen LogP contribution in [0.4, 0.5) is 13.6 Å². The van der Waals surface area contributed by atoms with Crippen LogP contribution in [0.25, 0.3) is 0 Å². The molecule has 2 rings (SSSR count). The molecule has 2 amide bonds. The molecule has 0 radical (unpaired) electrons. The van der Waals surface area contributed by atoms with Crippen LogP contribution in [-0.4, -0.2) is 59.6 Å². The van der Waals surface area contributed by atoms with Gasteiger partial charge in [0.1, 0.15) is 0 Å². The predicted molar refractivity (Wildman–Crippen MR) is 68.7 cm³/mol. The number of aromatic nitrogens is 1. The highest BCUT2D eigenvalue weighted by molar-refractivity contribution is 5.94. The van der Waals surface area contributed by atoms with Gasteiger partial charge in [0.05, 0.1) is 12.2 Å². The first-order valence-corrected chi connectivity index (χ1v) is 6.55. The molecule has 0 aliphatic carbocycles. The number of hydrogen-bond donors (Lipinski definition) is 0. The quantitative estimate of drug-likeness (QED) is 0.772. The van der Waals surface area contributed by atoms with E-state index in [2.05, 4.69) is 4.98 Å². The molecule has 0 unspecified atom stereocenters. The Morgan fingerprint density at radius 3 is 2.48 bits per heavy atom. The third-order valence-electron chi connectivity index (χ3n) is 3.17. The maximum atomic E-state index is 13.5. The average Bonchev–Trinajstić information content (AvgIpc) is 2.50. The normalized spacial score (nSPS) is 15.0. The van der Waals surface area contributed by atoms with Crippen molar-refractivity contribution in [3.05, 3.63) is 29.6 Å². The molecule has 1 aromatic rings. The van der Waals surface area contributed by atoms with Crippen LogP contribution in [0.5, 0.6) is 0 Å². The van der Waals surface area contributed by atoms with Crippen LogP contribution in [0.15, 0.2) is 12.3 Å². The Kier molecular flexibility index (Phi) is 4.66. The van der Waals surface area contributed by atoms with Crippen molar-refractivity contribution in [1.82, 2.24) is 14.8 Å². The average molecular weight is 299 g/mol. The van der Waals surface area contributed by atoms with E-state index < -0.39 is 23.8 Å². The van der Waals surface area contributed by atoms with Gasteiger partial charge in [-0.1, -0.05) is 0 Å². The monoisotopic (exact) mass is 299 g/mol. The molecule has 0 atom stereocenters. The first-order chi connectivity index (χ1) is 10.0. The number of amides is 2. The van der Waals surface area contributed by atoms with Gasteiger partial charge in [-0.3, -0.25) is 4.79 Å². The van der Waals surface area contributed by atoms with Crippen molar-refractivity contribution in [3.8, 4) is 0 Å². The smallest absolute Gasteiger partial charge is 0.409 e. The molecule has 0 aromatic carbocycles. The summed E-state index contributed by atoms with van der Waals surface area (Å²) in [7, 11) is 0. The van der Waals surface area contributed by atoms with Crippen molar-refractivity contribution in [2.24, 2.45) is 0 Å². The lowest BCUT2D eigenvalue weighted by Gasteiger charge is -2.34. The lowest BCUT2D eigenvalue weighted by atomic mass is 10.2. The van der Waals surface area contributed by atoms with E-state index in [1.54, 1.807) is 6.92 Å². The van der Waals surface area contributed by atoms with E-state index >= 15 is 0 Å². The Morgan fingerprint density at radius 2 is 1.86 bits per heavy atom. The fourth-order valence-corrected chi connectivity index (χ4v) is 2.06. The Labute approximate surface area is 120 Å². The van der Waals surface area contributed by atoms with Crippen molar-refractivity contribution in [3.63, 3.8) is 0 Å². The van der Waals surface area contributed by atoms with Crippen molar-refractivity contribution < 1.29 is 23.1 Å². The number of nitrogens with zero attached hydrogens (tertiary/aromatic N) is 3. The van der Waals surface area contributed by atoms with E-state index in [4.69, 9.17) is 4.74 Å². The van der Waals surface area contributed by atoms with Crippen LogP contribution < -0.4 is 0 Å². The second-order valence-electron chi connectivity index (χ2n) is 4.44. The topological polar surface area (TPSA) is 62.7 Å². The highest BCUT2D eigenvalue weighted by atomic mass is 19.2. The van der Waals surface area contributed by atoms with Gasteiger partial charge < -0.3 is 14.5 Å². The number of ether oxygens (including phenoxy) is 1. The van der Waals surface area contributed by atoms with Gasteiger partial charge >= 0.3 is 6.09 Å². The second kappa shape index (κ2) is 6.47. The Bertz CT molecular complexity index is 545. The fraction of sp³-hybridized carbons (Fsp3) is 0.462. The van der Waals surface area contributed by atoms with Gasteiger partial charge in [0.15, 0.2) is 5.82 Å². The van der Waals surface area contributed by atoms with Crippen molar-refractivity contribution in [2.75, 3.05) is 32.8 Å². The van der Waals surface area contributed by atoms with Gasteiger partial charge in [0, 0.05) is 32.4 Å². The molecular formula is C13H15F2N3O3. The summed E-state index contributed by atoms with van der Waals surface area (Å²) >= 11 is 0. The van der Waals surface area contributed by atoms with Gasteiger partial charge in [-0.2, -0.15) is 4.39 Å². The van der Waals surface area contributed by atoms with Crippen LogP contribution in [0.3, 0.4) is 0 Å². The summed E-state index contributed by atoms with van der Waals surface area (Å²) in [5, 5.41) is 0. The molecule has 1 saturated heterocycles. The molecule has 1 aromatic heterocycles. The largest absolute Gasteiger partial charge is 0.450 e. The molecule has 1 fully saturated rings. The summed E-state index contributed by atoms with van der Waals surface area (Å²) in [6.07, 6.45) is 0.603. The summed E-state index contributed by atoms with van der Waals surface area (Å²) < 4.78 is 31.4. The second-order valence-corrected chi connectivity index (χ2v) is 4.44. The van der Waals surface area contributed by atoms with E-state index in [0.29, 0.717) is 13.1 Å². The predicted octanol–water partition coefficient (Wildman–Crippen LogP) is 1.27. The van der Waals surface area contributed by atoms with E-state index in [9.17, 15) is 18.4 Å². The molecule has 0 spiro atoms. The lowest BCUT2D eigenvalue weighted by molar-refractivity contribution is 0.0565. The highest BCUT2D eigenvalue weighted by Crippen LogP contribution is 2.14. The number of pyridine rings is 1. The molecular weight excluding hydrogens is 284 g/mol. The molecule has 21 heavy (non-hydrogen) atoms. The van der Waals surface area contributed by atoms with E-state index in [0.717, 1.165) is 12.3 Å². The molecule has 0 bridgehead atoms. The van der Waals surface area contributed by atoms with E-state index in [1.165, 1.54) is 9.80 Å². The van der Waals surface area contributed by atoms with Crippen LogP contribution >= 0.6 is 0 Å². The lowest BCUT2D eigenvalue weighted by Crippen LogP contribution is -2.50. The van der Waals surface area contributed by atoms with Crippen LogP contribution in [-0.2, 0) is 4.74 Å². The van der Waals surface area contributed by atoms with Crippen molar-refractivity contribution in [1.29, 1.82) is 0 Å². The zero-order chi connectivity index (χ0) is 15.4. The van der Waals surface area contributed by atoms with Gasteiger partial charge in [-0.15, -0.1) is 0 Å². The summed E-state index contributed by atoms with van der Waals surface area (Å²) in [6.45, 7) is 3.04. The molecule has 114 valence electrons. The number of rotatable bonds is 2. The fourth-order valence-electron chi connectivity index (χ4n) is 2.06. The Morgan fingerprint density at radius 1 is 1.24 bits per heavy atom. The van der Waals surface area contributed by atoms with Gasteiger partial charge in [0.2, 0.25) is 5.95 Å². The number of halogens is 2. The molecule has 2 heterocycles. The Balaban J connectivity index is 2.00. The maximum Gasteiger partial charge on any atom is 0.409 e. The van der Waals surface area contributed by atoms with E-state index in [1.807, 2.05) is 0 Å². The van der Waals surface area contributed by atoms with E-state index in [-0.39, 0.29) is 25.3 Å². The minimum absolute atomic E-state index is 0.237. The molecule has 0 N–H and O–H groups in total. The number of carbonyl (C=O) groups is 2. The molecule has 1 aliphatic heterocycles. The Hall–Kier alpha value is -2.25. The molecule has 8 heteroatoms. The minimum atomic E-state index is -1.30. The van der Waals surface area contributed by atoms with Crippen molar-refractivity contribution in [2.45, 2.75) is 6.92 Å². The van der Waals surface area contributed by atoms with Gasteiger partial charge in [0.25, 0.3) is 5.91 Å². The summed E-state index contributed by atoms with van der Waals surface area (Å²) in [5.74, 6) is -3.17. The highest BCUT2D eigenvalue weighted by Gasteiger charge is 2.27. The van der Waals surface area contributed by atoms with Crippen molar-refractivity contribution >= 4 is 12.0 Å². The molecule has 1 aliphatic rings. The maximum absolute atomic E-state index is 13.5. The van der Waals surface area contributed by atoms with Crippen LogP contribution in [0.1, 0.15) is 17.3 Å². The first kappa shape index (κ1) is 15.1. The number of piperazine rings is 1. The number of carbonyl (C=O) groups excluding carboxylic acids is 2. The summed E-state index contributed by atoms with van der Waals surface area (Å²) in [5.41, 5.74) is -0.355. The van der Waals surface area contributed by atoms with Crippen LogP contribution in [0, 0.1) is 11.8 Å². The standard InChI is InChI=1S/C13H15F2N3O3/c1-2-21-13(20)18-7-5-17(6-8-18)12(19)9-3-4-16-11(15)10(9)14/h3-4H,2,5-8H2,1H3. The third kappa shape index (κ3) is 3.26. The van der Waals surface area contributed by atoms with Crippen LogP contribution in [0.2, 0.25) is 0 Å². The SMILES string of the molecule is CCOC(=O)N1CCN(C(=O)c2ccnc(F)c2F)CC1. The zero-order valence-electron chi connectivity index (χ0n) is 11.5. The summed E-state index contributed by atoms with van der Waals surface area (Å²) in [4.78, 5) is 29.6. The van der Waals surface area contributed by atoms with Gasteiger partial charge in [-0.25, -0.2) is 14.2 Å². The molecule has 0 saturated carbocycles. The number of hydrogen-bond acceptors (Lipinski definition) is 4. The van der Waals surface area contributed by atoms with Gasteiger partial charge in [-0.05, 0) is 13.0 Å². The minimum Gasteiger partial charge on any atom is -0.450 e. The zero-order valence-corrected chi connectivity index (χ0v) is 11.5. The molecule has 6 nitrogen and oxygen atoms in total. The first-order valence-electron chi connectivity index (χ1n) is 6.55. The third-order valence-corrected chi connectivity index (χ3v) is 3.17.